The highest BCUT2D eigenvalue weighted by atomic mass is 32.2. The number of sulfone groups is 1. The second-order valence-electron chi connectivity index (χ2n) is 8.13. The Morgan fingerprint density at radius 3 is 2.43 bits per heavy atom. The molecule has 28 heavy (non-hydrogen) atoms. The molecule has 1 aliphatic rings. The van der Waals surface area contributed by atoms with E-state index < -0.39 is 33.5 Å². The van der Waals surface area contributed by atoms with Crippen LogP contribution in [0.4, 0.5) is 16.2 Å². The number of para-hydroxylation sites is 1. The van der Waals surface area contributed by atoms with Gasteiger partial charge in [0.15, 0.2) is 9.84 Å². The van der Waals surface area contributed by atoms with Crippen LogP contribution < -0.4 is 16.0 Å². The maximum Gasteiger partial charge on any atom is 0.408 e. The van der Waals surface area contributed by atoms with Gasteiger partial charge in [-0.25, -0.2) is 13.2 Å². The number of hydrogen-bond acceptors (Lipinski definition) is 6. The van der Waals surface area contributed by atoms with Crippen molar-refractivity contribution in [2.75, 3.05) is 23.4 Å². The SMILES string of the molecule is CC(NC(=O)OC(C)(C)C)C(=O)Nc1cccc(S(C)(=O)=O)c1NCC1CC1. The summed E-state index contributed by atoms with van der Waals surface area (Å²) in [6.45, 7) is 7.35. The van der Waals surface area contributed by atoms with Gasteiger partial charge >= 0.3 is 6.09 Å². The molecule has 1 aromatic rings. The van der Waals surface area contributed by atoms with Gasteiger partial charge in [0.05, 0.1) is 16.3 Å². The Morgan fingerprint density at radius 1 is 1.25 bits per heavy atom. The van der Waals surface area contributed by atoms with E-state index in [-0.39, 0.29) is 4.90 Å². The summed E-state index contributed by atoms with van der Waals surface area (Å²) >= 11 is 0. The van der Waals surface area contributed by atoms with E-state index in [4.69, 9.17) is 4.74 Å². The number of benzene rings is 1. The van der Waals surface area contributed by atoms with Crippen molar-refractivity contribution in [1.82, 2.24) is 5.32 Å². The number of ether oxygens (including phenoxy) is 1. The van der Waals surface area contributed by atoms with Gasteiger partial charge in [-0.1, -0.05) is 6.07 Å². The zero-order chi connectivity index (χ0) is 21.1. The Balaban J connectivity index is 2.14. The summed E-state index contributed by atoms with van der Waals surface area (Å²) in [5, 5.41) is 8.33. The van der Waals surface area contributed by atoms with E-state index in [1.165, 1.54) is 13.0 Å². The largest absolute Gasteiger partial charge is 0.444 e. The van der Waals surface area contributed by atoms with Crippen molar-refractivity contribution in [3.8, 4) is 0 Å². The first kappa shape index (κ1) is 22.0. The molecule has 0 radical (unpaired) electrons. The molecule has 156 valence electrons. The normalized spacial score (nSPS) is 15.5. The molecule has 8 nitrogen and oxygen atoms in total. The fourth-order valence-corrected chi connectivity index (χ4v) is 3.36. The van der Waals surface area contributed by atoms with Gasteiger partial charge in [-0.3, -0.25) is 4.79 Å². The summed E-state index contributed by atoms with van der Waals surface area (Å²) < 4.78 is 29.4. The average Bonchev–Trinajstić information content (AvgIpc) is 3.34. The minimum absolute atomic E-state index is 0.124. The van der Waals surface area contributed by atoms with Crippen molar-refractivity contribution >= 4 is 33.2 Å². The lowest BCUT2D eigenvalue weighted by Crippen LogP contribution is -2.44. The van der Waals surface area contributed by atoms with E-state index in [0.717, 1.165) is 19.1 Å². The fourth-order valence-electron chi connectivity index (χ4n) is 2.49. The Morgan fingerprint density at radius 2 is 1.89 bits per heavy atom. The summed E-state index contributed by atoms with van der Waals surface area (Å²) in [5.41, 5.74) is 0.0467. The van der Waals surface area contributed by atoms with Gasteiger partial charge in [-0.2, -0.15) is 0 Å². The van der Waals surface area contributed by atoms with Gasteiger partial charge in [0.25, 0.3) is 0 Å². The quantitative estimate of drug-likeness (QED) is 0.636. The fraction of sp³-hybridized carbons (Fsp3) is 0.579. The first-order chi connectivity index (χ1) is 12.9. The molecule has 2 rings (SSSR count). The van der Waals surface area contributed by atoms with Gasteiger partial charge in [0.1, 0.15) is 11.6 Å². The highest BCUT2D eigenvalue weighted by molar-refractivity contribution is 7.90. The summed E-state index contributed by atoms with van der Waals surface area (Å²) in [6.07, 6.45) is 2.63. The van der Waals surface area contributed by atoms with Gasteiger partial charge in [-0.05, 0) is 58.6 Å². The molecule has 0 bridgehead atoms. The molecular formula is C19H29N3O5S. The van der Waals surface area contributed by atoms with E-state index in [1.54, 1.807) is 32.9 Å². The minimum atomic E-state index is -3.48. The zero-order valence-corrected chi connectivity index (χ0v) is 17.8. The molecule has 1 fully saturated rings. The van der Waals surface area contributed by atoms with Crippen molar-refractivity contribution < 1.29 is 22.7 Å². The Bertz CT molecular complexity index is 842. The monoisotopic (exact) mass is 411 g/mol. The third kappa shape index (κ3) is 6.70. The van der Waals surface area contributed by atoms with Crippen LogP contribution in [0.5, 0.6) is 0 Å². The van der Waals surface area contributed by atoms with Crippen LogP contribution in [0, 0.1) is 5.92 Å². The van der Waals surface area contributed by atoms with Crippen LogP contribution in [0.2, 0.25) is 0 Å². The number of anilines is 2. The van der Waals surface area contributed by atoms with Crippen molar-refractivity contribution in [3.05, 3.63) is 18.2 Å². The summed E-state index contributed by atoms with van der Waals surface area (Å²) in [7, 11) is -3.48. The number of amides is 2. The predicted molar refractivity (Wildman–Crippen MR) is 108 cm³/mol. The molecule has 3 N–H and O–H groups in total. The van der Waals surface area contributed by atoms with E-state index >= 15 is 0 Å². The number of hydrogen-bond donors (Lipinski definition) is 3. The molecule has 1 aromatic carbocycles. The highest BCUT2D eigenvalue weighted by Crippen LogP contribution is 2.34. The van der Waals surface area contributed by atoms with Crippen molar-refractivity contribution in [1.29, 1.82) is 0 Å². The van der Waals surface area contributed by atoms with Gasteiger partial charge < -0.3 is 20.7 Å². The lowest BCUT2D eigenvalue weighted by atomic mass is 10.2. The van der Waals surface area contributed by atoms with Crippen LogP contribution in [0.25, 0.3) is 0 Å². The van der Waals surface area contributed by atoms with Crippen LogP contribution in [-0.4, -0.2) is 44.9 Å². The number of carbonyl (C=O) groups excluding carboxylic acids is 2. The zero-order valence-electron chi connectivity index (χ0n) is 17.0. The topological polar surface area (TPSA) is 114 Å². The molecule has 9 heteroatoms. The Hall–Kier alpha value is -2.29. The van der Waals surface area contributed by atoms with Crippen molar-refractivity contribution in [2.24, 2.45) is 5.92 Å². The molecule has 0 aromatic heterocycles. The van der Waals surface area contributed by atoms with Crippen LogP contribution in [0.15, 0.2) is 23.1 Å². The second kappa shape index (κ2) is 8.38. The molecular weight excluding hydrogens is 382 g/mol. The van der Waals surface area contributed by atoms with Crippen LogP contribution in [0.3, 0.4) is 0 Å². The third-order valence-corrected chi connectivity index (χ3v) is 5.21. The molecule has 0 saturated heterocycles. The molecule has 0 heterocycles. The molecule has 1 aliphatic carbocycles. The average molecular weight is 412 g/mol. The first-order valence-corrected chi connectivity index (χ1v) is 11.1. The van der Waals surface area contributed by atoms with E-state index in [2.05, 4.69) is 16.0 Å². The highest BCUT2D eigenvalue weighted by Gasteiger charge is 2.25. The van der Waals surface area contributed by atoms with E-state index in [0.29, 0.717) is 23.8 Å². The van der Waals surface area contributed by atoms with Crippen LogP contribution in [0.1, 0.15) is 40.5 Å². The summed E-state index contributed by atoms with van der Waals surface area (Å²) in [4.78, 5) is 24.5. The standard InChI is InChI=1S/C19H29N3O5S/c1-12(21-18(24)27-19(2,3)4)17(23)22-14-7-6-8-15(28(5,25)26)16(14)20-11-13-9-10-13/h6-8,12-13,20H,9-11H2,1-5H3,(H,21,24)(H,22,23). The lowest BCUT2D eigenvalue weighted by Gasteiger charge is -2.22. The Kier molecular flexibility index (Phi) is 6.59. The smallest absolute Gasteiger partial charge is 0.408 e. The summed E-state index contributed by atoms with van der Waals surface area (Å²) in [6, 6.07) is 3.83. The van der Waals surface area contributed by atoms with Crippen molar-refractivity contribution in [3.63, 3.8) is 0 Å². The molecule has 0 aliphatic heterocycles. The van der Waals surface area contributed by atoms with E-state index in [1.807, 2.05) is 0 Å². The minimum Gasteiger partial charge on any atom is -0.444 e. The van der Waals surface area contributed by atoms with Crippen molar-refractivity contribution in [2.45, 2.75) is 57.1 Å². The second-order valence-corrected chi connectivity index (χ2v) is 10.1. The predicted octanol–water partition coefficient (Wildman–Crippen LogP) is 2.76. The molecule has 1 unspecified atom stereocenters. The number of nitrogens with one attached hydrogen (secondary N) is 3. The molecule has 2 amide bonds. The van der Waals surface area contributed by atoms with Gasteiger partial charge in [0.2, 0.25) is 5.91 Å². The van der Waals surface area contributed by atoms with Gasteiger partial charge in [-0.15, -0.1) is 0 Å². The van der Waals surface area contributed by atoms with Gasteiger partial charge in [0, 0.05) is 12.8 Å². The maximum absolute atomic E-state index is 12.5. The van der Waals surface area contributed by atoms with Crippen LogP contribution >= 0.6 is 0 Å². The third-order valence-electron chi connectivity index (χ3n) is 4.07. The maximum atomic E-state index is 12.5. The number of carbonyl (C=O) groups is 2. The molecule has 0 spiro atoms. The lowest BCUT2D eigenvalue weighted by molar-refractivity contribution is -0.117. The van der Waals surface area contributed by atoms with E-state index in [9.17, 15) is 18.0 Å². The molecule has 1 saturated carbocycles. The first-order valence-electron chi connectivity index (χ1n) is 9.24. The number of rotatable bonds is 7. The Labute approximate surface area is 166 Å². The molecule has 1 atom stereocenters. The van der Waals surface area contributed by atoms with Crippen LogP contribution in [-0.2, 0) is 19.4 Å². The summed E-state index contributed by atoms with van der Waals surface area (Å²) in [5.74, 6) is 0.0370. The number of alkyl carbamates (subject to hydrolysis) is 1.